The summed E-state index contributed by atoms with van der Waals surface area (Å²) in [5.74, 6) is 5.62. The first-order chi connectivity index (χ1) is 8.20. The fourth-order valence-electron chi connectivity index (χ4n) is 1.57. The molecule has 3 nitrogen and oxygen atoms in total. The summed E-state index contributed by atoms with van der Waals surface area (Å²) in [4.78, 5) is 4.28. The van der Waals surface area contributed by atoms with Gasteiger partial charge in [0.15, 0.2) is 0 Å². The van der Waals surface area contributed by atoms with Crippen molar-refractivity contribution in [3.63, 3.8) is 0 Å². The summed E-state index contributed by atoms with van der Waals surface area (Å²) in [6.07, 6.45) is 2.60. The van der Waals surface area contributed by atoms with Gasteiger partial charge in [-0.3, -0.25) is 11.3 Å². The van der Waals surface area contributed by atoms with Crippen LogP contribution in [0.5, 0.6) is 0 Å². The van der Waals surface area contributed by atoms with Gasteiger partial charge in [0.25, 0.3) is 0 Å². The van der Waals surface area contributed by atoms with Crippen molar-refractivity contribution in [3.05, 3.63) is 49.3 Å². The summed E-state index contributed by atoms with van der Waals surface area (Å²) in [5, 5.41) is 3.04. The van der Waals surface area contributed by atoms with Crippen molar-refractivity contribution in [3.8, 4) is 0 Å². The van der Waals surface area contributed by atoms with Gasteiger partial charge in [-0.15, -0.1) is 11.3 Å². The number of halogens is 2. The molecule has 1 heterocycles. The average Bonchev–Trinajstić information content (AvgIpc) is 2.79. The maximum Gasteiger partial charge on any atom is 0.0944 e. The first kappa shape index (κ1) is 13.2. The van der Waals surface area contributed by atoms with Gasteiger partial charge in [0.05, 0.1) is 11.0 Å². The zero-order valence-electron chi connectivity index (χ0n) is 8.86. The highest BCUT2D eigenvalue weighted by atomic mass is 79.9. The molecule has 1 aromatic heterocycles. The molecule has 0 amide bonds. The van der Waals surface area contributed by atoms with Crippen molar-refractivity contribution in [1.82, 2.24) is 10.4 Å². The quantitative estimate of drug-likeness (QED) is 0.634. The Morgan fingerprint density at radius 3 is 2.82 bits per heavy atom. The molecule has 2 aromatic rings. The molecule has 1 atom stereocenters. The zero-order chi connectivity index (χ0) is 12.3. The van der Waals surface area contributed by atoms with Crippen molar-refractivity contribution in [2.45, 2.75) is 12.5 Å². The van der Waals surface area contributed by atoms with E-state index in [2.05, 4.69) is 42.3 Å². The van der Waals surface area contributed by atoms with Gasteiger partial charge in [0, 0.05) is 26.9 Å². The molecule has 0 fully saturated rings. The molecule has 1 aromatic carbocycles. The fraction of sp³-hybridized carbons (Fsp3) is 0.182. The van der Waals surface area contributed by atoms with Crippen LogP contribution in [0.2, 0.25) is 0 Å². The first-order valence-electron chi connectivity index (χ1n) is 5.00. The van der Waals surface area contributed by atoms with Crippen LogP contribution >= 0.6 is 43.2 Å². The van der Waals surface area contributed by atoms with Gasteiger partial charge >= 0.3 is 0 Å². The second kappa shape index (κ2) is 6.06. The van der Waals surface area contributed by atoms with Crippen LogP contribution in [-0.2, 0) is 6.42 Å². The Bertz CT molecular complexity index is 487. The molecule has 0 spiro atoms. The molecule has 0 bridgehead atoms. The lowest BCUT2D eigenvalue weighted by molar-refractivity contribution is 0.548. The number of hydrazine groups is 1. The number of hydrogen-bond donors (Lipinski definition) is 2. The molecule has 17 heavy (non-hydrogen) atoms. The smallest absolute Gasteiger partial charge is 0.0944 e. The highest BCUT2D eigenvalue weighted by Gasteiger charge is 2.15. The number of nitrogens with zero attached hydrogens (tertiary/aromatic N) is 1. The predicted molar refractivity (Wildman–Crippen MR) is 77.7 cm³/mol. The molecule has 90 valence electrons. The number of thiazole rings is 1. The van der Waals surface area contributed by atoms with E-state index >= 15 is 0 Å². The first-order valence-corrected chi connectivity index (χ1v) is 7.46. The van der Waals surface area contributed by atoms with Crippen LogP contribution in [0.1, 0.15) is 16.6 Å². The molecule has 0 aliphatic heterocycles. The molecule has 0 saturated heterocycles. The number of aromatic nitrogens is 1. The van der Waals surface area contributed by atoms with Crippen LogP contribution in [0, 0.1) is 0 Å². The number of nitrogens with one attached hydrogen (secondary N) is 1. The highest BCUT2D eigenvalue weighted by Crippen LogP contribution is 2.28. The molecular weight excluding hydrogens is 366 g/mol. The normalized spacial score (nSPS) is 12.6. The second-order valence-corrected chi connectivity index (χ2v) is 6.26. The minimum absolute atomic E-state index is 0.0589. The van der Waals surface area contributed by atoms with Gasteiger partial charge in [0.2, 0.25) is 0 Å². The van der Waals surface area contributed by atoms with Crippen LogP contribution in [0.4, 0.5) is 0 Å². The van der Waals surface area contributed by atoms with Crippen molar-refractivity contribution in [1.29, 1.82) is 0 Å². The van der Waals surface area contributed by atoms with Gasteiger partial charge in [-0.25, -0.2) is 4.98 Å². The van der Waals surface area contributed by atoms with Crippen molar-refractivity contribution < 1.29 is 0 Å². The van der Waals surface area contributed by atoms with E-state index in [-0.39, 0.29) is 6.04 Å². The second-order valence-electron chi connectivity index (χ2n) is 3.52. The highest BCUT2D eigenvalue weighted by molar-refractivity contribution is 9.11. The fourth-order valence-corrected chi connectivity index (χ4v) is 3.56. The van der Waals surface area contributed by atoms with Crippen LogP contribution in [-0.4, -0.2) is 4.98 Å². The van der Waals surface area contributed by atoms with E-state index in [4.69, 9.17) is 5.84 Å². The number of nitrogens with two attached hydrogens (primary N) is 1. The van der Waals surface area contributed by atoms with E-state index in [0.29, 0.717) is 0 Å². The third kappa shape index (κ3) is 3.35. The maximum atomic E-state index is 5.62. The standard InChI is InChI=1S/C11H11Br2N3S/c12-7-1-2-8(9(13)5-7)10(16-14)6-11-15-3-4-17-11/h1-5,10,16H,6,14H2. The Hall–Kier alpha value is -0.270. The summed E-state index contributed by atoms with van der Waals surface area (Å²) in [7, 11) is 0. The van der Waals surface area contributed by atoms with Crippen molar-refractivity contribution in [2.75, 3.05) is 0 Å². The van der Waals surface area contributed by atoms with E-state index < -0.39 is 0 Å². The van der Waals surface area contributed by atoms with E-state index in [1.807, 2.05) is 29.8 Å². The molecule has 0 aliphatic carbocycles. The molecule has 2 rings (SSSR count). The Labute approximate surface area is 121 Å². The molecule has 0 radical (unpaired) electrons. The summed E-state index contributed by atoms with van der Waals surface area (Å²) in [5.41, 5.74) is 3.97. The van der Waals surface area contributed by atoms with Gasteiger partial charge in [0.1, 0.15) is 0 Å². The summed E-state index contributed by atoms with van der Waals surface area (Å²) < 4.78 is 2.07. The Morgan fingerprint density at radius 1 is 1.41 bits per heavy atom. The van der Waals surface area contributed by atoms with Gasteiger partial charge in [-0.1, -0.05) is 37.9 Å². The molecule has 6 heteroatoms. The summed E-state index contributed by atoms with van der Waals surface area (Å²) in [6.45, 7) is 0. The summed E-state index contributed by atoms with van der Waals surface area (Å²) in [6, 6.07) is 6.13. The number of rotatable bonds is 4. The third-order valence-electron chi connectivity index (χ3n) is 2.40. The predicted octanol–water partition coefficient (Wildman–Crippen LogP) is 3.42. The SMILES string of the molecule is NNC(Cc1nccs1)c1ccc(Br)cc1Br. The molecule has 1 unspecified atom stereocenters. The molecule has 0 saturated carbocycles. The molecule has 0 aliphatic rings. The molecular formula is C11H11Br2N3S. The van der Waals surface area contributed by atoms with Crippen molar-refractivity contribution >= 4 is 43.2 Å². The van der Waals surface area contributed by atoms with E-state index in [0.717, 1.165) is 25.9 Å². The van der Waals surface area contributed by atoms with Crippen LogP contribution in [0.15, 0.2) is 38.7 Å². The van der Waals surface area contributed by atoms with Crippen molar-refractivity contribution in [2.24, 2.45) is 5.84 Å². The van der Waals surface area contributed by atoms with Crippen LogP contribution in [0.25, 0.3) is 0 Å². The van der Waals surface area contributed by atoms with Gasteiger partial charge < -0.3 is 0 Å². The number of benzene rings is 1. The minimum atomic E-state index is 0.0589. The topological polar surface area (TPSA) is 50.9 Å². The van der Waals surface area contributed by atoms with E-state index in [1.165, 1.54) is 0 Å². The lowest BCUT2D eigenvalue weighted by Crippen LogP contribution is -2.29. The average molecular weight is 377 g/mol. The van der Waals surface area contributed by atoms with Gasteiger partial charge in [-0.2, -0.15) is 0 Å². The number of hydrogen-bond acceptors (Lipinski definition) is 4. The van der Waals surface area contributed by atoms with E-state index in [9.17, 15) is 0 Å². The zero-order valence-corrected chi connectivity index (χ0v) is 12.8. The Balaban J connectivity index is 2.23. The monoisotopic (exact) mass is 375 g/mol. The van der Waals surface area contributed by atoms with E-state index in [1.54, 1.807) is 11.3 Å². The third-order valence-corrected chi connectivity index (χ3v) is 4.38. The Kier molecular flexibility index (Phi) is 4.69. The lowest BCUT2D eigenvalue weighted by Gasteiger charge is -2.16. The largest absolute Gasteiger partial charge is 0.271 e. The van der Waals surface area contributed by atoms with Crippen LogP contribution in [0.3, 0.4) is 0 Å². The minimum Gasteiger partial charge on any atom is -0.271 e. The van der Waals surface area contributed by atoms with Gasteiger partial charge in [-0.05, 0) is 17.7 Å². The summed E-state index contributed by atoms with van der Waals surface area (Å²) >= 11 is 8.63. The lowest BCUT2D eigenvalue weighted by atomic mass is 10.1. The van der Waals surface area contributed by atoms with Crippen LogP contribution < -0.4 is 11.3 Å². The maximum absolute atomic E-state index is 5.62. The molecule has 3 N–H and O–H groups in total. The Morgan fingerprint density at radius 2 is 2.24 bits per heavy atom.